The number of ketones is 1. The fourth-order valence-corrected chi connectivity index (χ4v) is 8.19. The van der Waals surface area contributed by atoms with Crippen molar-refractivity contribution in [3.8, 4) is 0 Å². The number of nitrogens with two attached hydrogens (primary N) is 4. The summed E-state index contributed by atoms with van der Waals surface area (Å²) in [4.78, 5) is 129. The molecule has 0 saturated heterocycles. The van der Waals surface area contributed by atoms with Crippen molar-refractivity contribution in [3.63, 3.8) is 0 Å². The number of aromatic amines is 1. The molecule has 1 aromatic heterocycles. The molecule has 0 aliphatic rings. The maximum absolute atomic E-state index is 14.6. The molecule has 0 saturated carbocycles. The quantitative estimate of drug-likeness (QED) is 0.0226. The topological polar surface area (TPSA) is 370 Å². The normalized spacial score (nSPS) is 14.7. The van der Waals surface area contributed by atoms with Gasteiger partial charge in [0.2, 0.25) is 47.3 Å². The molecule has 22 heteroatoms. The average Bonchev–Trinajstić information content (AvgIpc) is 3.77. The maximum atomic E-state index is 14.6. The van der Waals surface area contributed by atoms with E-state index in [0.29, 0.717) is 32.2 Å². The molecule has 8 amide bonds. The number of nitrogens with one attached hydrogen (secondary N) is 8. The SMILES string of the molecule is CCC(C)[C@H](NC(=O)[C@H](CCCCN)NC(=O)[C@@H](NC(=O)[C@H](CCC(N)=O)NC(=O)[C@H](CCCN=C(N)N)NC(C)=O)C(C)CC)C(=O)N[C@@H](Cc1c[nH]c2ccccc12)C(=O)N[C@@H](Cc1ccccc1)C(C)=O. The van der Waals surface area contributed by atoms with Crippen molar-refractivity contribution in [1.29, 1.82) is 0 Å². The molecule has 74 heavy (non-hydrogen) atoms. The third-order valence-corrected chi connectivity index (χ3v) is 12.9. The standard InChI is InChI=1S/C52H79N13O9/c1-7-30(3)44(65-48(71)40(23-24-43(54)68)60-46(69)38(59-33(6)67)22-16-26-57-52(55)56)50(73)61-39(21-14-15-25-53)47(70)64-45(31(4)8-2)51(74)63-42(28-35-29-58-37-20-13-12-19-36(35)37)49(72)62-41(32(5)66)27-34-17-10-9-11-18-34/h9-13,17-20,29-31,38-42,44-45,58H,7-8,14-16,21-28,53H2,1-6H3,(H2,54,68)(H,59,67)(H,60,69)(H,61,73)(H,62,72)(H,63,74)(H,64,70)(H,65,71)(H4,55,56,57)/t30?,31?,38-,39-,40-,41-,42-,44-,45-/m0/s1. The Hall–Kier alpha value is -7.36. The number of H-pyrrole nitrogens is 1. The van der Waals surface area contributed by atoms with Gasteiger partial charge in [0.05, 0.1) is 6.04 Å². The van der Waals surface area contributed by atoms with Gasteiger partial charge in [0, 0.05) is 43.4 Å². The van der Waals surface area contributed by atoms with Crippen LogP contribution in [-0.4, -0.2) is 119 Å². The Bertz CT molecular complexity index is 2390. The summed E-state index contributed by atoms with van der Waals surface area (Å²) in [5, 5.41) is 20.0. The molecule has 9 atom stereocenters. The maximum Gasteiger partial charge on any atom is 0.243 e. The number of carbonyl (C=O) groups excluding carboxylic acids is 9. The number of carbonyl (C=O) groups is 9. The Morgan fingerprint density at radius 1 is 0.568 bits per heavy atom. The Labute approximate surface area is 433 Å². The summed E-state index contributed by atoms with van der Waals surface area (Å²) >= 11 is 0. The van der Waals surface area contributed by atoms with Crippen LogP contribution in [0.25, 0.3) is 10.9 Å². The molecule has 2 unspecified atom stereocenters. The number of nitrogens with zero attached hydrogens (tertiary/aromatic N) is 1. The number of fused-ring (bicyclic) bond motifs is 1. The molecule has 0 spiro atoms. The molecule has 2 aromatic carbocycles. The van der Waals surface area contributed by atoms with Gasteiger partial charge in [-0.05, 0) is 87.4 Å². The summed E-state index contributed by atoms with van der Waals surface area (Å²) < 4.78 is 0. The van der Waals surface area contributed by atoms with Gasteiger partial charge >= 0.3 is 0 Å². The predicted octanol–water partition coefficient (Wildman–Crippen LogP) is 0.496. The highest BCUT2D eigenvalue weighted by Crippen LogP contribution is 2.20. The number of hydrogen-bond acceptors (Lipinski definition) is 11. The molecule has 0 fully saturated rings. The second kappa shape index (κ2) is 31.3. The largest absolute Gasteiger partial charge is 0.370 e. The zero-order valence-corrected chi connectivity index (χ0v) is 43.6. The third-order valence-electron chi connectivity index (χ3n) is 12.9. The second-order valence-corrected chi connectivity index (χ2v) is 18.8. The highest BCUT2D eigenvalue weighted by molar-refractivity contribution is 5.98. The monoisotopic (exact) mass is 1030 g/mol. The van der Waals surface area contributed by atoms with Crippen LogP contribution in [0.15, 0.2) is 65.8 Å². The number of unbranched alkanes of at least 4 members (excludes halogenated alkanes) is 1. The Balaban J connectivity index is 1.92. The summed E-state index contributed by atoms with van der Waals surface area (Å²) in [5.41, 5.74) is 24.4. The van der Waals surface area contributed by atoms with E-state index in [2.05, 4.69) is 47.2 Å². The van der Waals surface area contributed by atoms with E-state index in [9.17, 15) is 43.2 Å². The molecular formula is C52H79N13O9. The lowest BCUT2D eigenvalue weighted by Crippen LogP contribution is -2.61. The van der Waals surface area contributed by atoms with E-state index < -0.39 is 101 Å². The van der Waals surface area contributed by atoms with Gasteiger partial charge in [0.25, 0.3) is 0 Å². The lowest BCUT2D eigenvalue weighted by Gasteiger charge is -2.31. The molecule has 0 aliphatic heterocycles. The van der Waals surface area contributed by atoms with Crippen LogP contribution in [0.5, 0.6) is 0 Å². The van der Waals surface area contributed by atoms with Crippen LogP contribution in [0.3, 0.4) is 0 Å². The van der Waals surface area contributed by atoms with E-state index in [-0.39, 0.29) is 63.2 Å². The number of amides is 8. The summed E-state index contributed by atoms with van der Waals surface area (Å²) in [6.45, 7) is 10.2. The molecule has 1 heterocycles. The van der Waals surface area contributed by atoms with E-state index in [0.717, 1.165) is 22.0 Å². The van der Waals surface area contributed by atoms with Crippen molar-refractivity contribution < 1.29 is 43.2 Å². The van der Waals surface area contributed by atoms with E-state index >= 15 is 0 Å². The number of guanidine groups is 1. The van der Waals surface area contributed by atoms with Gasteiger partial charge in [-0.3, -0.25) is 48.1 Å². The number of Topliss-reactive ketones (excluding diaryl/α,β-unsaturated/α-hetero) is 1. The molecule has 3 aromatic rings. The molecule has 0 aliphatic carbocycles. The Kier molecular flexibility index (Phi) is 25.8. The molecule has 22 nitrogen and oxygen atoms in total. The van der Waals surface area contributed by atoms with Crippen LogP contribution in [0.4, 0.5) is 0 Å². The average molecular weight is 1030 g/mol. The molecule has 16 N–H and O–H groups in total. The van der Waals surface area contributed by atoms with E-state index in [1.165, 1.54) is 13.8 Å². The van der Waals surface area contributed by atoms with E-state index in [1.807, 2.05) is 61.5 Å². The van der Waals surface area contributed by atoms with Gasteiger partial charge in [0.15, 0.2) is 11.7 Å². The molecule has 3 rings (SSSR count). The van der Waals surface area contributed by atoms with Crippen molar-refractivity contribution >= 4 is 69.9 Å². The van der Waals surface area contributed by atoms with Crippen LogP contribution in [0, 0.1) is 11.8 Å². The first-order valence-electron chi connectivity index (χ1n) is 25.4. The smallest absolute Gasteiger partial charge is 0.243 e. The second-order valence-electron chi connectivity index (χ2n) is 18.8. The highest BCUT2D eigenvalue weighted by atomic mass is 16.2. The first kappa shape index (κ1) is 60.9. The van der Waals surface area contributed by atoms with Crippen molar-refractivity contribution in [1.82, 2.24) is 42.2 Å². The van der Waals surface area contributed by atoms with Crippen LogP contribution in [0.1, 0.15) is 110 Å². The minimum atomic E-state index is -1.39. The van der Waals surface area contributed by atoms with Crippen molar-refractivity contribution in [2.24, 2.45) is 39.8 Å². The minimum absolute atomic E-state index is 0.0306. The lowest BCUT2D eigenvalue weighted by atomic mass is 9.95. The number of aliphatic imine (C=N–C) groups is 1. The summed E-state index contributed by atoms with van der Waals surface area (Å²) in [6.07, 6.45) is 3.60. The number of hydrogen-bond donors (Lipinski definition) is 12. The van der Waals surface area contributed by atoms with Crippen LogP contribution in [0.2, 0.25) is 0 Å². The molecule has 406 valence electrons. The lowest BCUT2D eigenvalue weighted by molar-refractivity contribution is -0.137. The first-order chi connectivity index (χ1) is 35.2. The predicted molar refractivity (Wildman–Crippen MR) is 282 cm³/mol. The van der Waals surface area contributed by atoms with Crippen LogP contribution < -0.4 is 60.2 Å². The highest BCUT2D eigenvalue weighted by Gasteiger charge is 2.36. The number of aromatic nitrogens is 1. The van der Waals surface area contributed by atoms with Crippen LogP contribution in [-0.2, 0) is 56.0 Å². The van der Waals surface area contributed by atoms with Gasteiger partial charge in [0.1, 0.15) is 36.3 Å². The van der Waals surface area contributed by atoms with Crippen LogP contribution >= 0.6 is 0 Å². The Morgan fingerprint density at radius 3 is 1.62 bits per heavy atom. The minimum Gasteiger partial charge on any atom is -0.370 e. The Morgan fingerprint density at radius 2 is 1.07 bits per heavy atom. The number of rotatable bonds is 33. The van der Waals surface area contributed by atoms with Gasteiger partial charge in [-0.2, -0.15) is 0 Å². The first-order valence-corrected chi connectivity index (χ1v) is 25.4. The summed E-state index contributed by atoms with van der Waals surface area (Å²) in [7, 11) is 0. The van der Waals surface area contributed by atoms with E-state index in [1.54, 1.807) is 27.0 Å². The number of benzene rings is 2. The van der Waals surface area contributed by atoms with Gasteiger partial charge in [-0.1, -0.05) is 89.1 Å². The fourth-order valence-electron chi connectivity index (χ4n) is 8.19. The van der Waals surface area contributed by atoms with Crippen molar-refractivity contribution in [2.75, 3.05) is 13.1 Å². The summed E-state index contributed by atoms with van der Waals surface area (Å²) in [5.74, 6) is -7.04. The zero-order valence-electron chi connectivity index (χ0n) is 43.6. The zero-order chi connectivity index (χ0) is 54.9. The van der Waals surface area contributed by atoms with Gasteiger partial charge < -0.3 is 65.1 Å². The number of para-hydroxylation sites is 1. The van der Waals surface area contributed by atoms with Gasteiger partial charge in [-0.15, -0.1) is 0 Å². The number of primary amides is 1. The molecule has 0 radical (unpaired) electrons. The third kappa shape index (κ3) is 20.3. The van der Waals surface area contributed by atoms with Gasteiger partial charge in [-0.25, -0.2) is 0 Å². The van der Waals surface area contributed by atoms with E-state index in [4.69, 9.17) is 22.9 Å². The molecular weight excluding hydrogens is 951 g/mol. The molecule has 0 bridgehead atoms. The summed E-state index contributed by atoms with van der Waals surface area (Å²) in [6, 6.07) is 8.37. The van der Waals surface area contributed by atoms with Crippen molar-refractivity contribution in [3.05, 3.63) is 71.9 Å². The fraction of sp³-hybridized carbons (Fsp3) is 0.538. The van der Waals surface area contributed by atoms with Crippen molar-refractivity contribution in [2.45, 2.75) is 154 Å².